The summed E-state index contributed by atoms with van der Waals surface area (Å²) in [5.41, 5.74) is 37.7. The minimum absolute atomic E-state index is 0.00603. The lowest BCUT2D eigenvalue weighted by atomic mass is 9.35. The summed E-state index contributed by atoms with van der Waals surface area (Å²) in [6.07, 6.45) is 0. The Morgan fingerprint density at radius 3 is 0.906 bits per heavy atom. The zero-order valence-corrected chi connectivity index (χ0v) is 69.1. The van der Waals surface area contributed by atoms with Crippen molar-refractivity contribution in [2.45, 2.75) is 0 Å². The van der Waals surface area contributed by atoms with E-state index in [2.05, 4.69) is 369 Å². The Balaban J connectivity index is 0.000000102. The minimum Gasteiger partial charge on any atom is -0.457 e. The van der Waals surface area contributed by atoms with Crippen molar-refractivity contribution in [1.82, 2.24) is 19.5 Å². The van der Waals surface area contributed by atoms with Crippen LogP contribution >= 0.6 is 0 Å². The number of rotatable bonds is 6. The number of aromatic nitrogens is 4. The molecular weight excluding hydrogens is 1560 g/mol. The minimum atomic E-state index is -0.234. The molecule has 128 heavy (non-hydrogen) atoms. The summed E-state index contributed by atoms with van der Waals surface area (Å²) in [6.45, 7) is -0.174. The van der Waals surface area contributed by atoms with Crippen molar-refractivity contribution in [1.29, 1.82) is 0 Å². The molecule has 8 nitrogen and oxygen atoms in total. The van der Waals surface area contributed by atoms with Crippen LogP contribution in [-0.2, 0) is 0 Å². The number of hydrogen-bond donors (Lipinski definition) is 0. The maximum atomic E-state index is 6.64. The van der Waals surface area contributed by atoms with Gasteiger partial charge in [-0.3, -0.25) is 0 Å². The van der Waals surface area contributed by atoms with E-state index in [0.717, 1.165) is 138 Å². The molecule has 11 heteroatoms. The molecule has 0 bridgehead atoms. The van der Waals surface area contributed by atoms with Crippen LogP contribution in [0.4, 0.5) is 0 Å². The molecule has 28 rings (SSSR count). The molecule has 0 spiro atoms. The molecule has 9 heterocycles. The fourth-order valence-electron chi connectivity index (χ4n) is 21.2. The van der Waals surface area contributed by atoms with Gasteiger partial charge in [0.05, 0.1) is 11.0 Å². The second-order valence-electron chi connectivity index (χ2n) is 33.6. The van der Waals surface area contributed by atoms with E-state index in [1.165, 1.54) is 99.2 Å². The van der Waals surface area contributed by atoms with Crippen molar-refractivity contribution >= 4 is 179 Å². The third-order valence-electron chi connectivity index (χ3n) is 26.7. The normalized spacial score (nSPS) is 12.3. The van der Waals surface area contributed by atoms with Gasteiger partial charge in [0.2, 0.25) is 13.4 Å². The molecule has 0 amide bonds. The van der Waals surface area contributed by atoms with E-state index in [4.69, 9.17) is 32.6 Å². The quantitative estimate of drug-likeness (QED) is 0.153. The summed E-state index contributed by atoms with van der Waals surface area (Å²) in [5, 5.41) is 11.7. The van der Waals surface area contributed by atoms with Crippen molar-refractivity contribution < 1.29 is 17.7 Å². The predicted octanol–water partition coefficient (Wildman–Crippen LogP) is 23.8. The van der Waals surface area contributed by atoms with Gasteiger partial charge in [-0.25, -0.2) is 15.0 Å². The van der Waals surface area contributed by atoms with E-state index in [-0.39, 0.29) is 20.1 Å². The average molecular weight is 1630 g/mol. The molecule has 3 aliphatic rings. The Labute approximate surface area is 737 Å². The highest BCUT2D eigenvalue weighted by molar-refractivity contribution is 6.99. The maximum Gasteiger partial charge on any atom is 0.291 e. The molecule has 0 radical (unpaired) electrons. The van der Waals surface area contributed by atoms with Gasteiger partial charge in [0.25, 0.3) is 6.71 Å². The first-order chi connectivity index (χ1) is 63.5. The van der Waals surface area contributed by atoms with E-state index in [0.29, 0.717) is 17.4 Å². The highest BCUT2D eigenvalue weighted by Crippen LogP contribution is 2.48. The lowest BCUT2D eigenvalue weighted by Gasteiger charge is -2.19. The van der Waals surface area contributed by atoms with Gasteiger partial charge in [-0.1, -0.05) is 402 Å². The van der Waals surface area contributed by atoms with Crippen molar-refractivity contribution in [3.8, 4) is 95.2 Å². The number of benzene rings is 19. The number of nitrogens with zero attached hydrogens (tertiary/aromatic N) is 4. The van der Waals surface area contributed by atoms with Crippen molar-refractivity contribution in [3.63, 3.8) is 0 Å². The summed E-state index contributed by atoms with van der Waals surface area (Å²) >= 11 is 0. The van der Waals surface area contributed by atoms with Crippen LogP contribution in [0.3, 0.4) is 0 Å². The average Bonchev–Trinajstić information content (AvgIpc) is 1.58. The zero-order chi connectivity index (χ0) is 84.0. The Kier molecular flexibility index (Phi) is 16.8. The van der Waals surface area contributed by atoms with Crippen LogP contribution in [0.1, 0.15) is 0 Å². The molecule has 592 valence electrons. The number of furan rings is 4. The molecule has 0 atom stereocenters. The summed E-state index contributed by atoms with van der Waals surface area (Å²) in [4.78, 5) is 15.4. The first kappa shape index (κ1) is 73.0. The van der Waals surface area contributed by atoms with Crippen molar-refractivity contribution in [3.05, 3.63) is 431 Å². The largest absolute Gasteiger partial charge is 0.457 e. The first-order valence-electron chi connectivity index (χ1n) is 43.8. The summed E-state index contributed by atoms with van der Waals surface area (Å²) in [5.74, 6) is 1.32. The predicted molar refractivity (Wildman–Crippen MR) is 533 cm³/mol. The molecule has 0 N–H and O–H groups in total. The SMILES string of the molecule is c1ccc(-c2nc(B3c4ccccc4-c4ccc5c(oc6ccccc65)c4-c4ccccc43)nc(-c3ccccc3)n2)cc1.c1ccc2c(c1)B(c1ccc(-n3c4ccccc4c4ccccc43)cc1)c1ccccc1-c1c-2ccc2c1oc1ccccc12.c1ccc2c(c1)B(c1cccc3c1oc1ccccc13)c1ccccc1-c1c-2ccc2c1oc1ccccc12. The van der Waals surface area contributed by atoms with Crippen LogP contribution in [0.25, 0.3) is 205 Å². The second-order valence-corrected chi connectivity index (χ2v) is 33.6. The molecule has 19 aromatic carbocycles. The fourth-order valence-corrected chi connectivity index (χ4v) is 21.2. The van der Waals surface area contributed by atoms with Crippen LogP contribution in [0.2, 0.25) is 0 Å². The van der Waals surface area contributed by atoms with Gasteiger partial charge in [-0.05, 0) is 122 Å². The highest BCUT2D eigenvalue weighted by Gasteiger charge is 2.39. The van der Waals surface area contributed by atoms with Gasteiger partial charge in [0.15, 0.2) is 11.6 Å². The van der Waals surface area contributed by atoms with Gasteiger partial charge in [0.1, 0.15) is 50.4 Å². The summed E-state index contributed by atoms with van der Waals surface area (Å²) in [6, 6.07) is 153. The number of hydrogen-bond acceptors (Lipinski definition) is 7. The number of para-hydroxylation sites is 7. The molecule has 3 aliphatic heterocycles. The fraction of sp³-hybridized carbons (Fsp3) is 0. The van der Waals surface area contributed by atoms with Crippen molar-refractivity contribution in [2.75, 3.05) is 0 Å². The molecule has 0 saturated carbocycles. The standard InChI is InChI=1S/C42H26BNO.C39H24BN3O.C36H21BO2/c1-6-16-36-29(11-1)33-25-26-34-32-14-5-10-20-40(32)45-42(34)41(33)35-15-2-7-17-37(35)43(36)27-21-23-28(24-22-27)44-38-18-8-3-12-30(38)31-13-4-9-19-39(31)44;1-3-13-25(14-4-1)37-41-38(26-15-5-2-6-16-26)43-39(42-37)40-32-20-10-7-17-27(32)29-23-24-30-28-18-9-12-22-34(28)44-36(30)35(29)31-19-8-11-21-33(31)40;1-5-15-29-22(10-1)25-20-21-27-24-12-4-8-19-33(24)39-36(27)34(25)28-13-2-6-16-30(28)37(29)31-17-9-14-26-23-11-3-7-18-32(23)38-35(26)31/h1-26H;1-24H;1-21H. The highest BCUT2D eigenvalue weighted by atomic mass is 16.3. The van der Waals surface area contributed by atoms with Gasteiger partial charge in [0, 0.05) is 87.4 Å². The Bertz CT molecular complexity index is 8720. The van der Waals surface area contributed by atoms with Crippen LogP contribution in [0.5, 0.6) is 0 Å². The summed E-state index contributed by atoms with van der Waals surface area (Å²) in [7, 11) is 0. The van der Waals surface area contributed by atoms with Crippen LogP contribution < -0.4 is 49.4 Å². The Morgan fingerprint density at radius 1 is 0.188 bits per heavy atom. The molecule has 0 unspecified atom stereocenters. The second kappa shape index (κ2) is 29.6. The third kappa shape index (κ3) is 11.5. The maximum absolute atomic E-state index is 6.64. The topological polar surface area (TPSA) is 96.2 Å². The van der Waals surface area contributed by atoms with E-state index in [1.807, 2.05) is 66.7 Å². The molecule has 0 aliphatic carbocycles. The number of fused-ring (bicyclic) bond motifs is 33. The molecule has 6 aromatic heterocycles. The zero-order valence-electron chi connectivity index (χ0n) is 69.1. The van der Waals surface area contributed by atoms with Crippen LogP contribution in [0.15, 0.2) is 448 Å². The van der Waals surface area contributed by atoms with Gasteiger partial charge < -0.3 is 22.2 Å². The molecule has 0 fully saturated rings. The first-order valence-corrected chi connectivity index (χ1v) is 43.8. The van der Waals surface area contributed by atoms with Crippen LogP contribution in [-0.4, -0.2) is 39.7 Å². The van der Waals surface area contributed by atoms with Gasteiger partial charge in [-0.15, -0.1) is 0 Å². The monoisotopic (exact) mass is 1630 g/mol. The Morgan fingerprint density at radius 2 is 0.484 bits per heavy atom. The lowest BCUT2D eigenvalue weighted by Crippen LogP contribution is -2.55. The third-order valence-corrected chi connectivity index (χ3v) is 26.7. The lowest BCUT2D eigenvalue weighted by molar-refractivity contribution is 0.670. The smallest absolute Gasteiger partial charge is 0.291 e. The Hall–Kier alpha value is -16.6. The van der Waals surface area contributed by atoms with Crippen LogP contribution in [0, 0.1) is 0 Å². The molecule has 0 saturated heterocycles. The summed E-state index contributed by atoms with van der Waals surface area (Å²) < 4.78 is 28.8. The van der Waals surface area contributed by atoms with E-state index in [1.54, 1.807) is 0 Å². The van der Waals surface area contributed by atoms with Gasteiger partial charge in [-0.2, -0.15) is 0 Å². The van der Waals surface area contributed by atoms with Crippen molar-refractivity contribution in [2.24, 2.45) is 0 Å². The molecule has 25 aromatic rings. The van der Waals surface area contributed by atoms with Gasteiger partial charge >= 0.3 is 0 Å². The molecular formula is C117H71B3N4O4. The van der Waals surface area contributed by atoms with E-state index >= 15 is 0 Å². The van der Waals surface area contributed by atoms with E-state index < -0.39 is 0 Å². The van der Waals surface area contributed by atoms with E-state index in [9.17, 15) is 0 Å².